The Labute approximate surface area is 113 Å². The molecule has 0 aromatic rings. The molecule has 2 fully saturated rings. The van der Waals surface area contributed by atoms with Gasteiger partial charge in [-0.2, -0.15) is 0 Å². The lowest BCUT2D eigenvalue weighted by Gasteiger charge is -2.46. The molecule has 18 heavy (non-hydrogen) atoms. The minimum atomic E-state index is 0.140. The molecular formula is C16H31NO. The number of hydrogen-bond acceptors (Lipinski definition) is 2. The van der Waals surface area contributed by atoms with Gasteiger partial charge in [-0.05, 0) is 63.3 Å². The van der Waals surface area contributed by atoms with Crippen molar-refractivity contribution in [3.05, 3.63) is 0 Å². The highest BCUT2D eigenvalue weighted by Gasteiger charge is 2.41. The smallest absolute Gasteiger partial charge is 0.0810 e. The molecule has 2 rings (SSSR count). The SMILES string of the molecule is CNCC1(OC2CCC2)CCC(C(C)(C)C)CC1. The second kappa shape index (κ2) is 5.50. The van der Waals surface area contributed by atoms with Crippen LogP contribution in [0.15, 0.2) is 0 Å². The van der Waals surface area contributed by atoms with Crippen LogP contribution in [-0.4, -0.2) is 25.3 Å². The molecule has 106 valence electrons. The number of nitrogens with one attached hydrogen (secondary N) is 1. The maximum atomic E-state index is 6.45. The Morgan fingerprint density at radius 2 is 1.72 bits per heavy atom. The van der Waals surface area contributed by atoms with Crippen LogP contribution in [0.25, 0.3) is 0 Å². The van der Waals surface area contributed by atoms with Gasteiger partial charge in [0.1, 0.15) is 0 Å². The molecule has 0 aliphatic heterocycles. The summed E-state index contributed by atoms with van der Waals surface area (Å²) in [4.78, 5) is 0. The molecule has 0 aromatic carbocycles. The zero-order valence-electron chi connectivity index (χ0n) is 12.7. The van der Waals surface area contributed by atoms with Crippen LogP contribution in [-0.2, 0) is 4.74 Å². The Kier molecular flexibility index (Phi) is 4.38. The molecule has 0 spiro atoms. The average molecular weight is 253 g/mol. The second-order valence-corrected chi connectivity index (χ2v) is 7.52. The fourth-order valence-electron chi connectivity index (χ4n) is 3.51. The van der Waals surface area contributed by atoms with E-state index in [1.54, 1.807) is 0 Å². The normalized spacial score (nSPS) is 34.3. The lowest BCUT2D eigenvalue weighted by atomic mass is 9.68. The maximum Gasteiger partial charge on any atom is 0.0810 e. The van der Waals surface area contributed by atoms with Gasteiger partial charge in [0, 0.05) is 6.54 Å². The van der Waals surface area contributed by atoms with Crippen LogP contribution in [0.4, 0.5) is 0 Å². The van der Waals surface area contributed by atoms with Crippen LogP contribution < -0.4 is 5.32 Å². The Morgan fingerprint density at radius 3 is 2.11 bits per heavy atom. The van der Waals surface area contributed by atoms with Crippen molar-refractivity contribution in [2.24, 2.45) is 11.3 Å². The number of hydrogen-bond donors (Lipinski definition) is 1. The lowest BCUT2D eigenvalue weighted by Crippen LogP contribution is -2.49. The maximum absolute atomic E-state index is 6.45. The average Bonchev–Trinajstić information content (AvgIpc) is 2.24. The first-order valence-electron chi connectivity index (χ1n) is 7.78. The Bertz CT molecular complexity index is 257. The summed E-state index contributed by atoms with van der Waals surface area (Å²) in [6.45, 7) is 8.18. The van der Waals surface area contributed by atoms with Gasteiger partial charge in [0.15, 0.2) is 0 Å². The molecule has 0 unspecified atom stereocenters. The van der Waals surface area contributed by atoms with E-state index in [0.29, 0.717) is 11.5 Å². The minimum absolute atomic E-state index is 0.140. The summed E-state index contributed by atoms with van der Waals surface area (Å²) in [5.74, 6) is 0.868. The van der Waals surface area contributed by atoms with Crippen molar-refractivity contribution in [3.8, 4) is 0 Å². The van der Waals surface area contributed by atoms with E-state index < -0.39 is 0 Å². The van der Waals surface area contributed by atoms with Crippen molar-refractivity contribution in [3.63, 3.8) is 0 Å². The molecule has 2 heteroatoms. The molecule has 0 aromatic heterocycles. The van der Waals surface area contributed by atoms with Gasteiger partial charge in [-0.25, -0.2) is 0 Å². The van der Waals surface area contributed by atoms with E-state index in [2.05, 4.69) is 33.1 Å². The third-order valence-electron chi connectivity index (χ3n) is 5.09. The van der Waals surface area contributed by atoms with Crippen molar-refractivity contribution >= 4 is 0 Å². The van der Waals surface area contributed by atoms with Gasteiger partial charge in [-0.1, -0.05) is 20.8 Å². The first-order valence-corrected chi connectivity index (χ1v) is 7.78. The zero-order chi connectivity index (χ0) is 13.2. The summed E-state index contributed by atoms with van der Waals surface area (Å²) in [5, 5.41) is 3.36. The molecule has 2 aliphatic rings. The van der Waals surface area contributed by atoms with Crippen LogP contribution in [0.3, 0.4) is 0 Å². The molecule has 1 N–H and O–H groups in total. The minimum Gasteiger partial charge on any atom is -0.370 e. The van der Waals surface area contributed by atoms with Crippen LogP contribution in [0.2, 0.25) is 0 Å². The highest BCUT2D eigenvalue weighted by molar-refractivity contribution is 4.93. The molecule has 0 heterocycles. The molecule has 0 bridgehead atoms. The van der Waals surface area contributed by atoms with Crippen LogP contribution in [0, 0.1) is 11.3 Å². The molecule has 0 saturated heterocycles. The monoisotopic (exact) mass is 253 g/mol. The van der Waals surface area contributed by atoms with Crippen molar-refractivity contribution in [1.29, 1.82) is 0 Å². The van der Waals surface area contributed by atoms with Gasteiger partial charge in [0.25, 0.3) is 0 Å². The van der Waals surface area contributed by atoms with Crippen LogP contribution >= 0.6 is 0 Å². The highest BCUT2D eigenvalue weighted by Crippen LogP contribution is 2.44. The largest absolute Gasteiger partial charge is 0.370 e. The quantitative estimate of drug-likeness (QED) is 0.824. The summed E-state index contributed by atoms with van der Waals surface area (Å²) < 4.78 is 6.45. The predicted octanol–water partition coefficient (Wildman–Crippen LogP) is 3.75. The second-order valence-electron chi connectivity index (χ2n) is 7.52. The molecule has 2 nitrogen and oxygen atoms in total. The molecular weight excluding hydrogens is 222 g/mol. The molecule has 2 saturated carbocycles. The van der Waals surface area contributed by atoms with E-state index in [-0.39, 0.29) is 5.60 Å². The fourth-order valence-corrected chi connectivity index (χ4v) is 3.51. The van der Waals surface area contributed by atoms with Crippen molar-refractivity contribution in [2.45, 2.75) is 77.4 Å². The number of ether oxygens (including phenoxy) is 1. The van der Waals surface area contributed by atoms with Gasteiger partial charge < -0.3 is 10.1 Å². The standard InChI is InChI=1S/C16H31NO/c1-15(2,3)13-8-10-16(11-9-13,12-17-4)18-14-6-5-7-14/h13-14,17H,5-12H2,1-4H3. The predicted molar refractivity (Wildman–Crippen MR) is 76.8 cm³/mol. The van der Waals surface area contributed by atoms with Gasteiger partial charge in [-0.15, -0.1) is 0 Å². The van der Waals surface area contributed by atoms with E-state index in [0.717, 1.165) is 12.5 Å². The van der Waals surface area contributed by atoms with E-state index in [1.165, 1.54) is 44.9 Å². The lowest BCUT2D eigenvalue weighted by molar-refractivity contribution is -0.144. The fraction of sp³-hybridized carbons (Fsp3) is 1.00. The Morgan fingerprint density at radius 1 is 1.11 bits per heavy atom. The third-order valence-corrected chi connectivity index (χ3v) is 5.09. The van der Waals surface area contributed by atoms with Gasteiger partial charge >= 0.3 is 0 Å². The summed E-state index contributed by atoms with van der Waals surface area (Å²) in [7, 11) is 2.06. The van der Waals surface area contributed by atoms with Gasteiger partial charge in [0.05, 0.1) is 11.7 Å². The van der Waals surface area contributed by atoms with E-state index >= 15 is 0 Å². The third kappa shape index (κ3) is 3.27. The van der Waals surface area contributed by atoms with E-state index in [9.17, 15) is 0 Å². The van der Waals surface area contributed by atoms with Crippen LogP contribution in [0.5, 0.6) is 0 Å². The molecule has 0 atom stereocenters. The van der Waals surface area contributed by atoms with E-state index in [1.807, 2.05) is 0 Å². The summed E-state index contributed by atoms with van der Waals surface area (Å²) in [6.07, 6.45) is 9.64. The summed E-state index contributed by atoms with van der Waals surface area (Å²) >= 11 is 0. The number of rotatable bonds is 4. The summed E-state index contributed by atoms with van der Waals surface area (Å²) in [5.41, 5.74) is 0.601. The van der Waals surface area contributed by atoms with Gasteiger partial charge in [-0.3, -0.25) is 0 Å². The first-order chi connectivity index (χ1) is 8.45. The zero-order valence-corrected chi connectivity index (χ0v) is 12.7. The van der Waals surface area contributed by atoms with Crippen molar-refractivity contribution in [2.75, 3.05) is 13.6 Å². The molecule has 0 radical (unpaired) electrons. The Balaban J connectivity index is 1.92. The van der Waals surface area contributed by atoms with Gasteiger partial charge in [0.2, 0.25) is 0 Å². The first kappa shape index (κ1) is 14.3. The molecule has 0 amide bonds. The van der Waals surface area contributed by atoms with E-state index in [4.69, 9.17) is 4.74 Å². The van der Waals surface area contributed by atoms with Crippen molar-refractivity contribution in [1.82, 2.24) is 5.32 Å². The Hall–Kier alpha value is -0.0800. The summed E-state index contributed by atoms with van der Waals surface area (Å²) in [6, 6.07) is 0. The van der Waals surface area contributed by atoms with Crippen molar-refractivity contribution < 1.29 is 4.74 Å². The number of likely N-dealkylation sites (N-methyl/N-ethyl adjacent to an activating group) is 1. The molecule has 2 aliphatic carbocycles. The highest BCUT2D eigenvalue weighted by atomic mass is 16.5. The topological polar surface area (TPSA) is 21.3 Å². The van der Waals surface area contributed by atoms with Crippen LogP contribution in [0.1, 0.15) is 65.7 Å².